The normalized spacial score (nSPS) is 17.6. The van der Waals surface area contributed by atoms with E-state index in [1.54, 1.807) is 0 Å². The van der Waals surface area contributed by atoms with E-state index < -0.39 is 0 Å². The van der Waals surface area contributed by atoms with Gasteiger partial charge in [-0.2, -0.15) is 0 Å². The van der Waals surface area contributed by atoms with Crippen LogP contribution in [0.1, 0.15) is 47.1 Å². The van der Waals surface area contributed by atoms with Gasteiger partial charge in [0.05, 0.1) is 5.54 Å². The Hall–Kier alpha value is -1.44. The summed E-state index contributed by atoms with van der Waals surface area (Å²) in [7, 11) is 0. The van der Waals surface area contributed by atoms with Gasteiger partial charge in [0.25, 0.3) is 0 Å². The van der Waals surface area contributed by atoms with Crippen LogP contribution >= 0.6 is 0 Å². The first-order valence-corrected chi connectivity index (χ1v) is 6.47. The molecule has 2 rings (SSSR count). The van der Waals surface area contributed by atoms with Gasteiger partial charge < -0.3 is 10.1 Å². The van der Waals surface area contributed by atoms with Crippen molar-refractivity contribution in [2.45, 2.75) is 52.7 Å². The molecule has 1 N–H and O–H groups in total. The van der Waals surface area contributed by atoms with Gasteiger partial charge in [-0.3, -0.25) is 0 Å². The van der Waals surface area contributed by atoms with Gasteiger partial charge in [-0.15, -0.1) is 0 Å². The summed E-state index contributed by atoms with van der Waals surface area (Å²) in [4.78, 5) is 0. The minimum Gasteiger partial charge on any atom is -0.488 e. The number of nitrogens with one attached hydrogen (secondary N) is 1. The van der Waals surface area contributed by atoms with E-state index in [0.29, 0.717) is 0 Å². The molecule has 18 heavy (non-hydrogen) atoms. The van der Waals surface area contributed by atoms with E-state index >= 15 is 0 Å². The Kier molecular flexibility index (Phi) is 2.92. The summed E-state index contributed by atoms with van der Waals surface area (Å²) in [5, 5.41) is 3.52. The molecular weight excluding hydrogens is 222 g/mol. The van der Waals surface area contributed by atoms with Crippen LogP contribution in [0.5, 0.6) is 5.75 Å². The van der Waals surface area contributed by atoms with Crippen molar-refractivity contribution in [1.29, 1.82) is 0 Å². The van der Waals surface area contributed by atoms with Crippen molar-refractivity contribution < 1.29 is 4.74 Å². The maximum atomic E-state index is 5.91. The fourth-order valence-electron chi connectivity index (χ4n) is 2.38. The number of anilines is 1. The van der Waals surface area contributed by atoms with E-state index in [0.717, 1.165) is 5.75 Å². The number of allylic oxidation sites excluding steroid dienone is 1. The minimum absolute atomic E-state index is 0.0173. The van der Waals surface area contributed by atoms with Gasteiger partial charge in [0, 0.05) is 11.3 Å². The fourth-order valence-corrected chi connectivity index (χ4v) is 2.38. The molecule has 0 spiro atoms. The molecule has 1 aromatic carbocycles. The number of hydrogen-bond donors (Lipinski definition) is 1. The van der Waals surface area contributed by atoms with Gasteiger partial charge in [0.15, 0.2) is 0 Å². The van der Waals surface area contributed by atoms with Crippen LogP contribution in [0.2, 0.25) is 0 Å². The Morgan fingerprint density at radius 2 is 1.83 bits per heavy atom. The third-order valence-electron chi connectivity index (χ3n) is 2.87. The first-order valence-electron chi connectivity index (χ1n) is 6.47. The molecule has 0 fully saturated rings. The summed E-state index contributed by atoms with van der Waals surface area (Å²) in [6.45, 7) is 12.7. The Morgan fingerprint density at radius 1 is 1.17 bits per heavy atom. The van der Waals surface area contributed by atoms with E-state index in [1.165, 1.54) is 16.8 Å². The molecule has 0 aliphatic carbocycles. The second kappa shape index (κ2) is 4.04. The second-order valence-electron chi connectivity index (χ2n) is 6.60. The molecule has 0 amide bonds. The molecule has 2 heteroatoms. The van der Waals surface area contributed by atoms with Gasteiger partial charge in [0.1, 0.15) is 11.4 Å². The quantitative estimate of drug-likeness (QED) is 0.788. The van der Waals surface area contributed by atoms with E-state index in [1.807, 2.05) is 6.07 Å². The van der Waals surface area contributed by atoms with Crippen molar-refractivity contribution in [3.63, 3.8) is 0 Å². The molecule has 0 radical (unpaired) electrons. The van der Waals surface area contributed by atoms with E-state index in [-0.39, 0.29) is 11.1 Å². The molecule has 1 aliphatic rings. The number of benzene rings is 1. The van der Waals surface area contributed by atoms with E-state index in [9.17, 15) is 0 Å². The van der Waals surface area contributed by atoms with Crippen molar-refractivity contribution in [3.8, 4) is 5.75 Å². The maximum Gasteiger partial charge on any atom is 0.120 e. The molecule has 2 nitrogen and oxygen atoms in total. The van der Waals surface area contributed by atoms with Crippen LogP contribution in [0, 0.1) is 0 Å². The predicted octanol–water partition coefficient (Wildman–Crippen LogP) is 4.47. The lowest BCUT2D eigenvalue weighted by Crippen LogP contribution is -2.31. The zero-order valence-electron chi connectivity index (χ0n) is 12.2. The van der Waals surface area contributed by atoms with Crippen molar-refractivity contribution in [2.75, 3.05) is 5.32 Å². The number of fused-ring (bicyclic) bond motifs is 1. The minimum atomic E-state index is -0.160. The SMILES string of the molecule is CC1=CC(C)(C)Nc2ccc(OC(C)(C)C)cc21. The van der Waals surface area contributed by atoms with Crippen LogP contribution < -0.4 is 10.1 Å². The van der Waals surface area contributed by atoms with Gasteiger partial charge in [0.2, 0.25) is 0 Å². The predicted molar refractivity (Wildman–Crippen MR) is 78.2 cm³/mol. The second-order valence-corrected chi connectivity index (χ2v) is 6.60. The molecule has 1 aliphatic heterocycles. The topological polar surface area (TPSA) is 21.3 Å². The van der Waals surface area contributed by atoms with Gasteiger partial charge in [-0.1, -0.05) is 6.08 Å². The van der Waals surface area contributed by atoms with E-state index in [4.69, 9.17) is 4.74 Å². The van der Waals surface area contributed by atoms with Crippen LogP contribution in [0.4, 0.5) is 5.69 Å². The number of ether oxygens (including phenoxy) is 1. The monoisotopic (exact) mass is 245 g/mol. The van der Waals surface area contributed by atoms with Crippen LogP contribution in [-0.2, 0) is 0 Å². The highest BCUT2D eigenvalue weighted by molar-refractivity contribution is 5.80. The average molecular weight is 245 g/mol. The molecule has 0 saturated carbocycles. The highest BCUT2D eigenvalue weighted by Gasteiger charge is 2.23. The van der Waals surface area contributed by atoms with Crippen LogP contribution in [-0.4, -0.2) is 11.1 Å². The summed E-state index contributed by atoms with van der Waals surface area (Å²) < 4.78 is 5.91. The molecule has 0 bridgehead atoms. The molecule has 0 atom stereocenters. The average Bonchev–Trinajstić information content (AvgIpc) is 2.15. The third kappa shape index (κ3) is 2.87. The van der Waals surface area contributed by atoms with Crippen molar-refractivity contribution in [1.82, 2.24) is 0 Å². The molecule has 98 valence electrons. The lowest BCUT2D eigenvalue weighted by atomic mass is 9.91. The van der Waals surface area contributed by atoms with Crippen LogP contribution in [0.25, 0.3) is 5.57 Å². The first-order chi connectivity index (χ1) is 8.16. The Balaban J connectivity index is 2.37. The zero-order valence-corrected chi connectivity index (χ0v) is 12.2. The summed E-state index contributed by atoms with van der Waals surface area (Å²) in [5.74, 6) is 0.926. The van der Waals surface area contributed by atoms with E-state index in [2.05, 4.69) is 65.1 Å². The Morgan fingerprint density at radius 3 is 2.44 bits per heavy atom. The first kappa shape index (κ1) is 13.0. The Labute approximate surface area is 110 Å². The lowest BCUT2D eigenvalue weighted by Gasteiger charge is -2.32. The summed E-state index contributed by atoms with van der Waals surface area (Å²) in [5.41, 5.74) is 3.57. The molecule has 1 aromatic rings. The standard InChI is InChI=1S/C16H23NO/c1-11-10-16(5,6)17-14-8-7-12(9-13(11)14)18-15(2,3)4/h7-10,17H,1-6H3. The van der Waals surface area contributed by atoms with Gasteiger partial charge in [-0.25, -0.2) is 0 Å². The highest BCUT2D eigenvalue weighted by Crippen LogP contribution is 2.36. The maximum absolute atomic E-state index is 5.91. The lowest BCUT2D eigenvalue weighted by molar-refractivity contribution is 0.131. The Bertz CT molecular complexity index is 492. The van der Waals surface area contributed by atoms with Gasteiger partial charge in [-0.05, 0) is 65.3 Å². The molecular formula is C16H23NO. The molecule has 0 aromatic heterocycles. The summed E-state index contributed by atoms with van der Waals surface area (Å²) in [6.07, 6.45) is 2.26. The van der Waals surface area contributed by atoms with Crippen molar-refractivity contribution in [2.24, 2.45) is 0 Å². The molecule has 1 heterocycles. The van der Waals surface area contributed by atoms with Gasteiger partial charge >= 0.3 is 0 Å². The van der Waals surface area contributed by atoms with Crippen molar-refractivity contribution in [3.05, 3.63) is 29.8 Å². The summed E-state index contributed by atoms with van der Waals surface area (Å²) >= 11 is 0. The number of hydrogen-bond acceptors (Lipinski definition) is 2. The smallest absolute Gasteiger partial charge is 0.120 e. The zero-order chi connectivity index (χ0) is 13.6. The highest BCUT2D eigenvalue weighted by atomic mass is 16.5. The van der Waals surface area contributed by atoms with Crippen LogP contribution in [0.15, 0.2) is 24.3 Å². The molecule has 0 unspecified atom stereocenters. The number of rotatable bonds is 1. The fraction of sp³-hybridized carbons (Fsp3) is 0.500. The molecule has 0 saturated heterocycles. The van der Waals surface area contributed by atoms with Crippen LogP contribution in [0.3, 0.4) is 0 Å². The summed E-state index contributed by atoms with van der Waals surface area (Å²) in [6, 6.07) is 6.26. The third-order valence-corrected chi connectivity index (χ3v) is 2.87. The largest absolute Gasteiger partial charge is 0.488 e. The van der Waals surface area contributed by atoms with Crippen molar-refractivity contribution >= 4 is 11.3 Å².